The van der Waals surface area contributed by atoms with Crippen LogP contribution in [-0.4, -0.2) is 52.0 Å². The Morgan fingerprint density at radius 2 is 1.82 bits per heavy atom. The van der Waals surface area contributed by atoms with E-state index in [-0.39, 0.29) is 0 Å². The molecule has 0 spiro atoms. The zero-order chi connectivity index (χ0) is 8.53. The molecule has 0 heterocycles. The molecule has 0 atom stereocenters. The van der Waals surface area contributed by atoms with Crippen LogP contribution in [0.5, 0.6) is 0 Å². The van der Waals surface area contributed by atoms with Crippen LogP contribution in [0.4, 0.5) is 0 Å². The van der Waals surface area contributed by atoms with E-state index in [4.69, 9.17) is 9.47 Å². The van der Waals surface area contributed by atoms with Crippen LogP contribution in [0.3, 0.4) is 0 Å². The normalized spacial score (nSPS) is 10.9. The molecule has 0 saturated heterocycles. The molecule has 0 unspecified atom stereocenters. The average molecular weight is 161 g/mol. The lowest BCUT2D eigenvalue weighted by Gasteiger charge is -2.15. The van der Waals surface area contributed by atoms with E-state index in [2.05, 4.69) is 11.9 Å². The third-order valence-corrected chi connectivity index (χ3v) is 1.50. The minimum atomic E-state index is 0.794. The third kappa shape index (κ3) is 7.78. The molecule has 0 amide bonds. The van der Waals surface area contributed by atoms with Gasteiger partial charge in [-0.05, 0) is 14.0 Å². The second-order valence-electron chi connectivity index (χ2n) is 2.49. The molecule has 0 radical (unpaired) electrons. The van der Waals surface area contributed by atoms with E-state index in [1.165, 1.54) is 0 Å². The Morgan fingerprint density at radius 1 is 1.18 bits per heavy atom. The van der Waals surface area contributed by atoms with Crippen molar-refractivity contribution < 1.29 is 9.47 Å². The van der Waals surface area contributed by atoms with Gasteiger partial charge in [0.05, 0.1) is 13.2 Å². The first kappa shape index (κ1) is 10.9. The van der Waals surface area contributed by atoms with E-state index < -0.39 is 0 Å². The summed E-state index contributed by atoms with van der Waals surface area (Å²) in [5, 5.41) is 0. The van der Waals surface area contributed by atoms with Gasteiger partial charge in [-0.3, -0.25) is 0 Å². The topological polar surface area (TPSA) is 21.7 Å². The van der Waals surface area contributed by atoms with Crippen LogP contribution in [0.2, 0.25) is 0 Å². The van der Waals surface area contributed by atoms with Gasteiger partial charge in [0.15, 0.2) is 0 Å². The molecule has 3 heteroatoms. The predicted octanol–water partition coefficient (Wildman–Crippen LogP) is 0.601. The summed E-state index contributed by atoms with van der Waals surface area (Å²) in [6.07, 6.45) is 0. The number of rotatable bonds is 7. The maximum absolute atomic E-state index is 5.20. The molecule has 0 aliphatic rings. The van der Waals surface area contributed by atoms with Gasteiger partial charge in [0.2, 0.25) is 0 Å². The van der Waals surface area contributed by atoms with Crippen LogP contribution in [0.15, 0.2) is 0 Å². The highest BCUT2D eigenvalue weighted by molar-refractivity contribution is 4.48. The van der Waals surface area contributed by atoms with Crippen molar-refractivity contribution in [1.29, 1.82) is 0 Å². The maximum atomic E-state index is 5.20. The first-order valence-corrected chi connectivity index (χ1v) is 4.06. The summed E-state index contributed by atoms with van der Waals surface area (Å²) in [6.45, 7) is 6.38. The van der Waals surface area contributed by atoms with Crippen molar-refractivity contribution in [3.8, 4) is 0 Å². The third-order valence-electron chi connectivity index (χ3n) is 1.50. The monoisotopic (exact) mass is 161 g/mol. The number of hydrogen-bond donors (Lipinski definition) is 0. The molecule has 0 aromatic rings. The van der Waals surface area contributed by atoms with Gasteiger partial charge in [-0.15, -0.1) is 0 Å². The molecule has 0 aromatic heterocycles. The van der Waals surface area contributed by atoms with Crippen molar-refractivity contribution in [1.82, 2.24) is 4.90 Å². The Hall–Kier alpha value is -0.120. The summed E-state index contributed by atoms with van der Waals surface area (Å²) in [5.74, 6) is 0. The second kappa shape index (κ2) is 7.98. The molecule has 11 heavy (non-hydrogen) atoms. The minimum Gasteiger partial charge on any atom is -0.383 e. The van der Waals surface area contributed by atoms with Crippen molar-refractivity contribution in [3.05, 3.63) is 0 Å². The summed E-state index contributed by atoms with van der Waals surface area (Å²) >= 11 is 0. The molecule has 68 valence electrons. The van der Waals surface area contributed by atoms with Gasteiger partial charge < -0.3 is 14.4 Å². The van der Waals surface area contributed by atoms with E-state index in [0.29, 0.717) is 0 Å². The fourth-order valence-electron chi connectivity index (χ4n) is 0.724. The maximum Gasteiger partial charge on any atom is 0.0593 e. The number of nitrogens with zero attached hydrogens (tertiary/aromatic N) is 1. The van der Waals surface area contributed by atoms with Crippen LogP contribution in [0.25, 0.3) is 0 Å². The fourth-order valence-corrected chi connectivity index (χ4v) is 0.724. The van der Waals surface area contributed by atoms with Gasteiger partial charge in [-0.25, -0.2) is 0 Å². The lowest BCUT2D eigenvalue weighted by molar-refractivity contribution is 0.106. The van der Waals surface area contributed by atoms with Crippen molar-refractivity contribution in [2.24, 2.45) is 0 Å². The Bertz CT molecular complexity index is 78.5. The van der Waals surface area contributed by atoms with Gasteiger partial charge in [0.1, 0.15) is 0 Å². The van der Waals surface area contributed by atoms with Crippen molar-refractivity contribution >= 4 is 0 Å². The van der Waals surface area contributed by atoms with Crippen LogP contribution >= 0.6 is 0 Å². The van der Waals surface area contributed by atoms with Crippen LogP contribution < -0.4 is 0 Å². The van der Waals surface area contributed by atoms with Gasteiger partial charge in [0, 0.05) is 26.8 Å². The van der Waals surface area contributed by atoms with E-state index >= 15 is 0 Å². The predicted molar refractivity (Wildman–Crippen MR) is 45.9 cm³/mol. The highest BCUT2D eigenvalue weighted by Crippen LogP contribution is 1.83. The van der Waals surface area contributed by atoms with E-state index in [0.717, 1.165) is 32.9 Å². The quantitative estimate of drug-likeness (QED) is 0.510. The molecule has 0 aliphatic carbocycles. The van der Waals surface area contributed by atoms with Gasteiger partial charge in [-0.1, -0.05) is 0 Å². The molecule has 0 fully saturated rings. The molecule has 0 aliphatic heterocycles. The Labute approximate surface area is 69.3 Å². The van der Waals surface area contributed by atoms with Gasteiger partial charge in [0.25, 0.3) is 0 Å². The molecule has 0 saturated carbocycles. The molecule has 0 N–H and O–H groups in total. The SMILES string of the molecule is CCOCCN(C)CCOC. The summed E-state index contributed by atoms with van der Waals surface area (Å²) < 4.78 is 10.1. The van der Waals surface area contributed by atoms with Gasteiger partial charge >= 0.3 is 0 Å². The zero-order valence-corrected chi connectivity index (χ0v) is 7.80. The summed E-state index contributed by atoms with van der Waals surface area (Å²) in [5.41, 5.74) is 0. The largest absolute Gasteiger partial charge is 0.383 e. The first-order valence-electron chi connectivity index (χ1n) is 4.06. The number of methoxy groups -OCH3 is 1. The first-order chi connectivity index (χ1) is 5.31. The molecular weight excluding hydrogens is 142 g/mol. The Balaban J connectivity index is 3.02. The van der Waals surface area contributed by atoms with Crippen LogP contribution in [-0.2, 0) is 9.47 Å². The van der Waals surface area contributed by atoms with E-state index in [9.17, 15) is 0 Å². The molecule has 0 bridgehead atoms. The van der Waals surface area contributed by atoms with E-state index in [1.54, 1.807) is 7.11 Å². The standard InChI is InChI=1S/C8H19NO2/c1-4-11-8-6-9(2)5-7-10-3/h4-8H2,1-3H3. The van der Waals surface area contributed by atoms with Crippen molar-refractivity contribution in [3.63, 3.8) is 0 Å². The zero-order valence-electron chi connectivity index (χ0n) is 7.80. The van der Waals surface area contributed by atoms with Crippen LogP contribution in [0, 0.1) is 0 Å². The smallest absolute Gasteiger partial charge is 0.0593 e. The summed E-state index contributed by atoms with van der Waals surface area (Å²) in [7, 11) is 3.79. The molecular formula is C8H19NO2. The minimum absolute atomic E-state index is 0.794. The Morgan fingerprint density at radius 3 is 2.36 bits per heavy atom. The second-order valence-corrected chi connectivity index (χ2v) is 2.49. The van der Waals surface area contributed by atoms with Crippen molar-refractivity contribution in [2.75, 3.05) is 47.1 Å². The van der Waals surface area contributed by atoms with Gasteiger partial charge in [-0.2, -0.15) is 0 Å². The Kier molecular flexibility index (Phi) is 7.89. The molecule has 3 nitrogen and oxygen atoms in total. The molecule has 0 rings (SSSR count). The lowest BCUT2D eigenvalue weighted by atomic mass is 10.5. The van der Waals surface area contributed by atoms with Crippen LogP contribution in [0.1, 0.15) is 6.92 Å². The fraction of sp³-hybridized carbons (Fsp3) is 1.00. The highest BCUT2D eigenvalue weighted by Gasteiger charge is 1.95. The number of ether oxygens (including phenoxy) is 2. The number of hydrogen-bond acceptors (Lipinski definition) is 3. The van der Waals surface area contributed by atoms with E-state index in [1.807, 2.05) is 6.92 Å². The lowest BCUT2D eigenvalue weighted by Crippen LogP contribution is -2.26. The summed E-state index contributed by atoms with van der Waals surface area (Å²) in [4.78, 5) is 2.19. The van der Waals surface area contributed by atoms with Crippen molar-refractivity contribution in [2.45, 2.75) is 6.92 Å². The highest BCUT2D eigenvalue weighted by atomic mass is 16.5. The summed E-state index contributed by atoms with van der Waals surface area (Å²) in [6, 6.07) is 0. The average Bonchev–Trinajstić information content (AvgIpc) is 2.01. The number of likely N-dealkylation sites (N-methyl/N-ethyl adjacent to an activating group) is 1. The molecule has 0 aromatic carbocycles.